The molecule has 0 fully saturated rings. The maximum atomic E-state index is 6.52. The molecule has 0 aliphatic carbocycles. The van der Waals surface area contributed by atoms with Crippen LogP contribution >= 0.6 is 0 Å². The van der Waals surface area contributed by atoms with E-state index in [9.17, 15) is 0 Å². The van der Waals surface area contributed by atoms with Crippen LogP contribution in [0.15, 0.2) is 199 Å². The number of hydrogen-bond acceptors (Lipinski definition) is 1. The van der Waals surface area contributed by atoms with Crippen LogP contribution in [0.3, 0.4) is 0 Å². The van der Waals surface area contributed by atoms with Gasteiger partial charge in [0.25, 0.3) is 0 Å². The predicted molar refractivity (Wildman–Crippen MR) is 223 cm³/mol. The zero-order chi connectivity index (χ0) is 34.9. The van der Waals surface area contributed by atoms with Gasteiger partial charge in [-0.25, -0.2) is 0 Å². The monoisotopic (exact) mass is 676 g/mol. The molecule has 0 saturated carbocycles. The van der Waals surface area contributed by atoms with Crippen molar-refractivity contribution in [1.29, 1.82) is 0 Å². The molecule has 248 valence electrons. The molecule has 0 N–H and O–H groups in total. The van der Waals surface area contributed by atoms with Crippen molar-refractivity contribution >= 4 is 76.1 Å². The summed E-state index contributed by atoms with van der Waals surface area (Å²) in [5.74, 6) is 0. The van der Waals surface area contributed by atoms with Gasteiger partial charge >= 0.3 is 0 Å². The van der Waals surface area contributed by atoms with Gasteiger partial charge in [-0.2, -0.15) is 0 Å². The van der Waals surface area contributed by atoms with E-state index in [0.717, 1.165) is 55.5 Å². The van der Waals surface area contributed by atoms with Crippen molar-refractivity contribution in [2.75, 3.05) is 0 Å². The number of nitrogens with zero attached hydrogens (tertiary/aromatic N) is 2. The molecule has 53 heavy (non-hydrogen) atoms. The lowest BCUT2D eigenvalue weighted by Gasteiger charge is -2.19. The molecular weight excluding hydrogens is 645 g/mol. The van der Waals surface area contributed by atoms with Crippen molar-refractivity contribution in [2.45, 2.75) is 0 Å². The molecule has 11 rings (SSSR count). The smallest absolute Gasteiger partial charge is 0.143 e. The van der Waals surface area contributed by atoms with Crippen LogP contribution in [0.25, 0.3) is 98.6 Å². The molecule has 2 heterocycles. The number of benzene rings is 8. The zero-order valence-corrected chi connectivity index (χ0v) is 28.8. The lowest BCUT2D eigenvalue weighted by atomic mass is 9.92. The molecule has 3 nitrogen and oxygen atoms in total. The van der Waals surface area contributed by atoms with Gasteiger partial charge in [-0.15, -0.1) is 0 Å². The first-order valence-corrected chi connectivity index (χ1v) is 18.1. The van der Waals surface area contributed by atoms with Crippen molar-refractivity contribution in [3.8, 4) is 22.5 Å². The quantitative estimate of drug-likeness (QED) is 0.183. The van der Waals surface area contributed by atoms with E-state index in [4.69, 9.17) is 4.42 Å². The Morgan fingerprint density at radius 2 is 0.774 bits per heavy atom. The number of furan rings is 1. The van der Waals surface area contributed by atoms with Crippen molar-refractivity contribution < 1.29 is 4.42 Å². The molecule has 2 aromatic heterocycles. The summed E-state index contributed by atoms with van der Waals surface area (Å²) in [4.78, 5) is 0. The Morgan fingerprint density at radius 1 is 0.321 bits per heavy atom. The van der Waals surface area contributed by atoms with E-state index < -0.39 is 0 Å². The third-order valence-electron chi connectivity index (χ3n) is 10.8. The summed E-state index contributed by atoms with van der Waals surface area (Å²) in [6, 6.07) is 65.5. The van der Waals surface area contributed by atoms with E-state index >= 15 is 0 Å². The standard InChI is InChI=1S/C50H32N2O/c1-3-14-34(15-4-1)51-28-29-52(35-16-5-2-6-17-35)48-32-46-40-21-10-9-20-39(40)44-30-33(36-23-13-24-43-42-22-11-12-25-49(42)53-50(36)43)26-27-41(44)37-18-7-8-19-38(37)45(46)31-47(48)51/h1-32H. The maximum Gasteiger partial charge on any atom is 0.143 e. The van der Waals surface area contributed by atoms with Gasteiger partial charge in [-0.1, -0.05) is 133 Å². The third kappa shape index (κ3) is 4.61. The Bertz CT molecular complexity index is 3270. The van der Waals surface area contributed by atoms with Crippen LogP contribution in [0.1, 0.15) is 0 Å². The van der Waals surface area contributed by atoms with Gasteiger partial charge in [0, 0.05) is 40.1 Å². The number of hydrogen-bond donors (Lipinski definition) is 0. The van der Waals surface area contributed by atoms with Crippen LogP contribution in [-0.2, 0) is 0 Å². The van der Waals surface area contributed by atoms with E-state index in [0.29, 0.717) is 0 Å². The Labute approximate surface area is 305 Å². The molecule has 0 unspecified atom stereocenters. The van der Waals surface area contributed by atoms with Crippen molar-refractivity contribution in [2.24, 2.45) is 0 Å². The van der Waals surface area contributed by atoms with Crippen LogP contribution in [0.5, 0.6) is 0 Å². The molecule has 0 spiro atoms. The van der Waals surface area contributed by atoms with Gasteiger partial charge in [-0.05, 0) is 97.2 Å². The zero-order valence-electron chi connectivity index (χ0n) is 28.8. The van der Waals surface area contributed by atoms with E-state index in [1.807, 2.05) is 6.07 Å². The van der Waals surface area contributed by atoms with Crippen LogP contribution in [0, 0.1) is 0 Å². The molecule has 3 heteroatoms. The van der Waals surface area contributed by atoms with Crippen molar-refractivity contribution in [3.63, 3.8) is 0 Å². The van der Waals surface area contributed by atoms with Crippen LogP contribution < -0.4 is 0 Å². The highest BCUT2D eigenvalue weighted by Gasteiger charge is 2.16. The minimum absolute atomic E-state index is 0.908. The van der Waals surface area contributed by atoms with Gasteiger partial charge in [0.05, 0.1) is 11.0 Å². The topological polar surface area (TPSA) is 23.0 Å². The van der Waals surface area contributed by atoms with E-state index in [-0.39, 0.29) is 0 Å². The van der Waals surface area contributed by atoms with Crippen LogP contribution in [0.2, 0.25) is 0 Å². The SMILES string of the molecule is c1ccc(-n2ccn(-c3ccccc3)c3cc4c5ccccc5c5cc(-c6cccc7c6oc6ccccc67)ccc5c5ccccc5c4cc32)cc1. The molecule has 0 amide bonds. The average Bonchev–Trinajstić information content (AvgIpc) is 3.62. The summed E-state index contributed by atoms with van der Waals surface area (Å²) >= 11 is 0. The highest BCUT2D eigenvalue weighted by atomic mass is 16.3. The van der Waals surface area contributed by atoms with Crippen LogP contribution in [-0.4, -0.2) is 9.13 Å². The number of fused-ring (bicyclic) bond motifs is 12. The molecule has 11 aromatic rings. The minimum Gasteiger partial charge on any atom is -0.455 e. The molecular formula is C50H32N2O. The third-order valence-corrected chi connectivity index (χ3v) is 10.8. The van der Waals surface area contributed by atoms with Gasteiger partial charge in [0.2, 0.25) is 0 Å². The molecule has 0 radical (unpaired) electrons. The summed E-state index contributed by atoms with van der Waals surface area (Å²) in [5, 5.41) is 11.9. The van der Waals surface area contributed by atoms with E-state index in [1.165, 1.54) is 43.1 Å². The highest BCUT2D eigenvalue weighted by Crippen LogP contribution is 2.41. The van der Waals surface area contributed by atoms with Gasteiger partial charge in [0.15, 0.2) is 0 Å². The van der Waals surface area contributed by atoms with E-state index in [2.05, 4.69) is 197 Å². The van der Waals surface area contributed by atoms with Crippen LogP contribution in [0.4, 0.5) is 0 Å². The number of rotatable bonds is 3. The number of para-hydroxylation sites is 4. The van der Waals surface area contributed by atoms with Gasteiger partial charge < -0.3 is 13.6 Å². The first kappa shape index (κ1) is 29.6. The van der Waals surface area contributed by atoms with Crippen molar-refractivity contribution in [1.82, 2.24) is 9.13 Å². The maximum absolute atomic E-state index is 6.52. The minimum atomic E-state index is 0.908. The Kier molecular flexibility index (Phi) is 6.55. The van der Waals surface area contributed by atoms with Gasteiger partial charge in [0.1, 0.15) is 11.2 Å². The molecule has 0 atom stereocenters. The summed E-state index contributed by atoms with van der Waals surface area (Å²) in [7, 11) is 0. The fourth-order valence-electron chi connectivity index (χ4n) is 8.38. The second kappa shape index (κ2) is 11.7. The molecule has 0 aliphatic heterocycles. The molecule has 9 aromatic carbocycles. The van der Waals surface area contributed by atoms with Gasteiger partial charge in [-0.3, -0.25) is 0 Å². The first-order chi connectivity index (χ1) is 26.3. The fourth-order valence-corrected chi connectivity index (χ4v) is 8.38. The average molecular weight is 677 g/mol. The Balaban J connectivity index is 1.30. The largest absolute Gasteiger partial charge is 0.455 e. The lowest BCUT2D eigenvalue weighted by molar-refractivity contribution is 0.670. The Morgan fingerprint density at radius 3 is 1.36 bits per heavy atom. The molecule has 0 bridgehead atoms. The highest BCUT2D eigenvalue weighted by molar-refractivity contribution is 6.27. The first-order valence-electron chi connectivity index (χ1n) is 18.1. The molecule has 0 saturated heterocycles. The van der Waals surface area contributed by atoms with Crippen molar-refractivity contribution in [3.05, 3.63) is 194 Å². The summed E-state index contributed by atoms with van der Waals surface area (Å²) < 4.78 is 11.1. The second-order valence-corrected chi connectivity index (χ2v) is 13.7. The number of aromatic nitrogens is 2. The summed E-state index contributed by atoms with van der Waals surface area (Å²) in [6.07, 6.45) is 4.36. The molecule has 0 aliphatic rings. The van der Waals surface area contributed by atoms with E-state index in [1.54, 1.807) is 0 Å². The summed E-state index contributed by atoms with van der Waals surface area (Å²) in [6.45, 7) is 0. The summed E-state index contributed by atoms with van der Waals surface area (Å²) in [5.41, 5.74) is 8.54. The predicted octanol–water partition coefficient (Wildman–Crippen LogP) is 13.7. The normalized spacial score (nSPS) is 11.8. The fraction of sp³-hybridized carbons (Fsp3) is 0. The lowest BCUT2D eigenvalue weighted by Crippen LogP contribution is -2.04. The Hall–Kier alpha value is -7.10. The second-order valence-electron chi connectivity index (χ2n) is 13.7.